The molecule has 0 aromatic rings. The molecule has 0 aliphatic carbocycles. The van der Waals surface area contributed by atoms with Crippen LogP contribution < -0.4 is 0 Å². The lowest BCUT2D eigenvalue weighted by molar-refractivity contribution is 0.629. The highest BCUT2D eigenvalue weighted by molar-refractivity contribution is 7.66. The zero-order valence-corrected chi connectivity index (χ0v) is 5.52. The summed E-state index contributed by atoms with van der Waals surface area (Å²) >= 11 is 0. The third kappa shape index (κ3) is 5.93. The van der Waals surface area contributed by atoms with Crippen molar-refractivity contribution < 1.29 is 4.89 Å². The average Bonchev–Trinajstić information content (AvgIpc) is 1.30. The monoisotopic (exact) mass is 119 g/mol. The van der Waals surface area contributed by atoms with Gasteiger partial charge in [0.05, 0.1) is 7.26 Å². The molecule has 0 amide bonds. The summed E-state index contributed by atoms with van der Waals surface area (Å²) in [7, 11) is -2.10. The fourth-order valence-corrected chi connectivity index (χ4v) is 0.746. The minimum absolute atomic E-state index is 1.57. The quantitative estimate of drug-likeness (QED) is 0.405. The van der Waals surface area contributed by atoms with E-state index in [-0.39, 0.29) is 0 Å². The van der Waals surface area contributed by atoms with Crippen molar-refractivity contribution >= 4 is 19.8 Å². The van der Waals surface area contributed by atoms with E-state index in [0.717, 1.165) is 0 Å². The van der Waals surface area contributed by atoms with Crippen LogP contribution in [0.3, 0.4) is 0 Å². The Hall–Kier alpha value is -0.0700. The van der Waals surface area contributed by atoms with Gasteiger partial charge in [-0.1, -0.05) is 6.30 Å². The van der Waals surface area contributed by atoms with Crippen molar-refractivity contribution in [2.75, 3.05) is 6.66 Å². The van der Waals surface area contributed by atoms with E-state index in [1.54, 1.807) is 19.8 Å². The van der Waals surface area contributed by atoms with Gasteiger partial charge in [-0.15, -0.1) is 0 Å². The first-order chi connectivity index (χ1) is 3.06. The molecule has 1 atom stereocenters. The fourth-order valence-electron chi connectivity index (χ4n) is 0.249. The molecule has 0 aromatic carbocycles. The van der Waals surface area contributed by atoms with Crippen molar-refractivity contribution in [1.29, 1.82) is 0 Å². The first-order valence-electron chi connectivity index (χ1n) is 2.00. The van der Waals surface area contributed by atoms with E-state index in [1.807, 2.05) is 0 Å². The molecule has 0 aromatic heterocycles. The molecule has 0 heterocycles. The zero-order valence-electron chi connectivity index (χ0n) is 4.63. The summed E-state index contributed by atoms with van der Waals surface area (Å²) in [5.74, 6) is 0. The molecule has 0 saturated carbocycles. The second kappa shape index (κ2) is 2.29. The van der Waals surface area contributed by atoms with Crippen LogP contribution in [0.25, 0.3) is 0 Å². The van der Waals surface area contributed by atoms with Crippen LogP contribution in [0.2, 0.25) is 0 Å². The van der Waals surface area contributed by atoms with Gasteiger partial charge in [0.2, 0.25) is 0 Å². The standard InChI is InChI=1S/C4H10NOP/c1-4-5-7(2,3)6/h4,6H,2H2,1,3H3. The van der Waals surface area contributed by atoms with E-state index in [4.69, 9.17) is 4.89 Å². The Balaban J connectivity index is 3.82. The van der Waals surface area contributed by atoms with Crippen LogP contribution in [0.5, 0.6) is 0 Å². The first kappa shape index (κ1) is 6.93. The lowest BCUT2D eigenvalue weighted by Crippen LogP contribution is -1.68. The van der Waals surface area contributed by atoms with Crippen LogP contribution in [-0.2, 0) is 0 Å². The molecule has 1 unspecified atom stereocenters. The van der Waals surface area contributed by atoms with Crippen LogP contribution in [-0.4, -0.2) is 24.1 Å². The van der Waals surface area contributed by atoms with E-state index in [9.17, 15) is 0 Å². The maximum absolute atomic E-state index is 8.82. The van der Waals surface area contributed by atoms with Gasteiger partial charge in [-0.25, -0.2) is 0 Å². The molecule has 0 rings (SSSR count). The smallest absolute Gasteiger partial charge is 0.0982 e. The molecule has 0 bridgehead atoms. The Morgan fingerprint density at radius 1 is 1.86 bits per heavy atom. The predicted molar refractivity (Wildman–Crippen MR) is 36.3 cm³/mol. The van der Waals surface area contributed by atoms with Gasteiger partial charge in [-0.3, -0.25) is 4.76 Å². The molecule has 3 heteroatoms. The van der Waals surface area contributed by atoms with E-state index in [0.29, 0.717) is 0 Å². The number of rotatable bonds is 1. The molecule has 42 valence electrons. The molecule has 7 heavy (non-hydrogen) atoms. The van der Waals surface area contributed by atoms with Crippen LogP contribution in [0, 0.1) is 0 Å². The van der Waals surface area contributed by atoms with Crippen LogP contribution >= 0.6 is 7.26 Å². The topological polar surface area (TPSA) is 32.6 Å². The minimum Gasteiger partial charge on any atom is -0.357 e. The van der Waals surface area contributed by atoms with E-state index in [1.165, 1.54) is 0 Å². The molecule has 0 radical (unpaired) electrons. The maximum Gasteiger partial charge on any atom is 0.0982 e. The molecule has 2 nitrogen and oxygen atoms in total. The Morgan fingerprint density at radius 3 is 2.29 bits per heavy atom. The van der Waals surface area contributed by atoms with Crippen molar-refractivity contribution in [3.05, 3.63) is 0 Å². The van der Waals surface area contributed by atoms with Gasteiger partial charge in [-0.2, -0.15) is 0 Å². The minimum atomic E-state index is -2.10. The third-order valence-corrected chi connectivity index (χ3v) is 1.09. The molecule has 0 fully saturated rings. The molecule has 1 N–H and O–H groups in total. The average molecular weight is 119 g/mol. The van der Waals surface area contributed by atoms with Crippen LogP contribution in [0.1, 0.15) is 6.92 Å². The molecule has 0 aliphatic rings. The molecular formula is C4H10NOP. The molecule has 0 spiro atoms. The summed E-state index contributed by atoms with van der Waals surface area (Å²) in [5, 5.41) is 0. The van der Waals surface area contributed by atoms with Gasteiger partial charge in [0.1, 0.15) is 0 Å². The Morgan fingerprint density at radius 2 is 2.29 bits per heavy atom. The van der Waals surface area contributed by atoms with E-state index < -0.39 is 7.26 Å². The van der Waals surface area contributed by atoms with E-state index >= 15 is 0 Å². The van der Waals surface area contributed by atoms with Gasteiger partial charge >= 0.3 is 0 Å². The van der Waals surface area contributed by atoms with E-state index in [2.05, 4.69) is 11.1 Å². The van der Waals surface area contributed by atoms with Gasteiger partial charge in [0.25, 0.3) is 0 Å². The highest BCUT2D eigenvalue weighted by Gasteiger charge is 1.89. The predicted octanol–water partition coefficient (Wildman–Crippen LogP) is 0.979. The first-order valence-corrected chi connectivity index (χ1v) is 4.33. The Bertz CT molecular complexity index is 113. The second-order valence-corrected chi connectivity index (χ2v) is 3.87. The summed E-state index contributed by atoms with van der Waals surface area (Å²) < 4.78 is 3.69. The maximum atomic E-state index is 8.82. The summed E-state index contributed by atoms with van der Waals surface area (Å²) in [6, 6.07) is 0. The number of nitrogens with zero attached hydrogens (tertiary/aromatic N) is 1. The van der Waals surface area contributed by atoms with Gasteiger partial charge in [0.15, 0.2) is 0 Å². The van der Waals surface area contributed by atoms with Gasteiger partial charge < -0.3 is 4.89 Å². The molecule has 0 aliphatic heterocycles. The highest BCUT2D eigenvalue weighted by Crippen LogP contribution is 2.34. The molecular weight excluding hydrogens is 109 g/mol. The van der Waals surface area contributed by atoms with Crippen molar-refractivity contribution in [2.24, 2.45) is 4.76 Å². The third-order valence-electron chi connectivity index (χ3n) is 0.364. The van der Waals surface area contributed by atoms with Crippen LogP contribution in [0.15, 0.2) is 4.76 Å². The van der Waals surface area contributed by atoms with Gasteiger partial charge in [-0.05, 0) is 13.6 Å². The Kier molecular flexibility index (Phi) is 2.27. The molecule has 0 saturated heterocycles. The van der Waals surface area contributed by atoms with Crippen molar-refractivity contribution in [3.63, 3.8) is 0 Å². The van der Waals surface area contributed by atoms with Crippen molar-refractivity contribution in [1.82, 2.24) is 0 Å². The van der Waals surface area contributed by atoms with Crippen molar-refractivity contribution in [2.45, 2.75) is 6.92 Å². The summed E-state index contributed by atoms with van der Waals surface area (Å²) in [6.07, 6.45) is 5.00. The zero-order chi connectivity index (χ0) is 5.91. The van der Waals surface area contributed by atoms with Crippen molar-refractivity contribution in [3.8, 4) is 0 Å². The summed E-state index contributed by atoms with van der Waals surface area (Å²) in [4.78, 5) is 8.82. The second-order valence-electron chi connectivity index (χ2n) is 1.46. The fraction of sp³-hybridized carbons (Fsp3) is 0.500. The largest absolute Gasteiger partial charge is 0.357 e. The SMILES string of the molecule is C=P(C)(O)N=CC. The highest BCUT2D eigenvalue weighted by atomic mass is 31.2. The number of hydrogen-bond acceptors (Lipinski definition) is 2. The lowest BCUT2D eigenvalue weighted by atomic mass is 10.9. The Labute approximate surface area is 44.0 Å². The van der Waals surface area contributed by atoms with Crippen LogP contribution in [0.4, 0.5) is 0 Å². The lowest BCUT2D eigenvalue weighted by Gasteiger charge is -1.99. The normalized spacial score (nSPS) is 19.9. The summed E-state index contributed by atoms with van der Waals surface area (Å²) in [6.45, 7) is 3.40. The summed E-state index contributed by atoms with van der Waals surface area (Å²) in [5.41, 5.74) is 0. The number of hydrogen-bond donors (Lipinski definition) is 1. The van der Waals surface area contributed by atoms with Gasteiger partial charge in [0, 0.05) is 6.21 Å².